The van der Waals surface area contributed by atoms with Crippen molar-refractivity contribution >= 4 is 12.0 Å². The van der Waals surface area contributed by atoms with Crippen LogP contribution in [0, 0.1) is 0 Å². The number of ether oxygens (including phenoxy) is 1. The second kappa shape index (κ2) is 7.88. The van der Waals surface area contributed by atoms with Crippen LogP contribution in [-0.2, 0) is 16.0 Å². The van der Waals surface area contributed by atoms with Crippen molar-refractivity contribution in [2.75, 3.05) is 6.61 Å². The fourth-order valence-electron chi connectivity index (χ4n) is 1.91. The summed E-state index contributed by atoms with van der Waals surface area (Å²) in [4.78, 5) is 11.5. The maximum atomic E-state index is 11.5. The topological polar surface area (TPSA) is 66.8 Å². The number of aromatic hydroxyl groups is 2. The summed E-state index contributed by atoms with van der Waals surface area (Å²) in [6, 6.07) is 13.5. The number of hydrogen-bond donors (Lipinski definition) is 2. The number of hydrogen-bond acceptors (Lipinski definition) is 4. The van der Waals surface area contributed by atoms with Gasteiger partial charge in [0.25, 0.3) is 0 Å². The lowest BCUT2D eigenvalue weighted by Crippen LogP contribution is -2.03. The minimum atomic E-state index is -0.390. The van der Waals surface area contributed by atoms with E-state index in [2.05, 4.69) is 0 Å². The van der Waals surface area contributed by atoms with Crippen molar-refractivity contribution in [1.29, 1.82) is 0 Å². The molecule has 22 heavy (non-hydrogen) atoms. The average Bonchev–Trinajstić information content (AvgIpc) is 2.53. The molecule has 0 radical (unpaired) electrons. The van der Waals surface area contributed by atoms with Gasteiger partial charge in [0, 0.05) is 6.08 Å². The molecule has 0 aliphatic rings. The van der Waals surface area contributed by atoms with Gasteiger partial charge in [0.2, 0.25) is 0 Å². The Kier molecular flexibility index (Phi) is 5.60. The summed E-state index contributed by atoms with van der Waals surface area (Å²) in [7, 11) is 0. The number of carbonyl (C=O) groups is 1. The van der Waals surface area contributed by atoms with Crippen molar-refractivity contribution in [3.8, 4) is 11.5 Å². The van der Waals surface area contributed by atoms with Crippen LogP contribution in [0.2, 0.25) is 0 Å². The van der Waals surface area contributed by atoms with Crippen LogP contribution in [0.25, 0.3) is 6.08 Å². The number of phenols is 2. The smallest absolute Gasteiger partial charge is 0.330 e. The number of phenolic OH excluding ortho intramolecular Hbond substituents is 2. The monoisotopic (exact) mass is 298 g/mol. The lowest BCUT2D eigenvalue weighted by molar-refractivity contribution is -0.137. The SMILES string of the molecule is O=C(/C=C/c1ccc(O)cc1)OCCCc1ccc(O)cc1. The molecule has 0 atom stereocenters. The molecule has 4 nitrogen and oxygen atoms in total. The summed E-state index contributed by atoms with van der Waals surface area (Å²) in [5.74, 6) is 0.0438. The van der Waals surface area contributed by atoms with Crippen molar-refractivity contribution in [3.05, 3.63) is 65.7 Å². The largest absolute Gasteiger partial charge is 0.508 e. The third-order valence-corrected chi connectivity index (χ3v) is 3.10. The van der Waals surface area contributed by atoms with Gasteiger partial charge in [-0.25, -0.2) is 4.79 Å². The predicted octanol–water partition coefficient (Wildman–Crippen LogP) is 3.29. The Morgan fingerprint density at radius 3 is 2.18 bits per heavy atom. The number of aryl methyl sites for hydroxylation is 1. The first-order valence-corrected chi connectivity index (χ1v) is 7.05. The average molecular weight is 298 g/mol. The molecular weight excluding hydrogens is 280 g/mol. The van der Waals surface area contributed by atoms with E-state index in [0.717, 1.165) is 24.0 Å². The Morgan fingerprint density at radius 2 is 1.55 bits per heavy atom. The van der Waals surface area contributed by atoms with E-state index in [0.29, 0.717) is 6.61 Å². The summed E-state index contributed by atoms with van der Waals surface area (Å²) >= 11 is 0. The predicted molar refractivity (Wildman–Crippen MR) is 84.5 cm³/mol. The molecule has 0 heterocycles. The van der Waals surface area contributed by atoms with E-state index in [4.69, 9.17) is 9.84 Å². The molecule has 0 fully saturated rings. The Morgan fingerprint density at radius 1 is 0.955 bits per heavy atom. The van der Waals surface area contributed by atoms with Crippen LogP contribution in [0.5, 0.6) is 11.5 Å². The zero-order valence-corrected chi connectivity index (χ0v) is 12.1. The molecule has 0 bridgehead atoms. The summed E-state index contributed by atoms with van der Waals surface area (Å²) in [5.41, 5.74) is 1.91. The molecule has 0 saturated heterocycles. The molecule has 2 N–H and O–H groups in total. The summed E-state index contributed by atoms with van der Waals surface area (Å²) in [5, 5.41) is 18.3. The highest BCUT2D eigenvalue weighted by Gasteiger charge is 1.99. The standard InChI is InChI=1S/C18H18O4/c19-16-8-3-14(4-9-16)2-1-13-22-18(21)12-7-15-5-10-17(20)11-6-15/h3-12,19-20H,1-2,13H2/b12-7+. The van der Waals surface area contributed by atoms with Crippen LogP contribution in [0.1, 0.15) is 17.5 Å². The molecule has 0 saturated carbocycles. The first kappa shape index (κ1) is 15.6. The van der Waals surface area contributed by atoms with Crippen molar-refractivity contribution in [2.24, 2.45) is 0 Å². The van der Waals surface area contributed by atoms with E-state index in [-0.39, 0.29) is 11.5 Å². The highest BCUT2D eigenvalue weighted by atomic mass is 16.5. The molecule has 2 rings (SSSR count). The van der Waals surface area contributed by atoms with Gasteiger partial charge in [0.15, 0.2) is 0 Å². The van der Waals surface area contributed by atoms with Gasteiger partial charge in [-0.15, -0.1) is 0 Å². The van der Waals surface area contributed by atoms with Gasteiger partial charge in [0.05, 0.1) is 6.61 Å². The van der Waals surface area contributed by atoms with Crippen LogP contribution in [-0.4, -0.2) is 22.8 Å². The lowest BCUT2D eigenvalue weighted by Gasteiger charge is -2.03. The quantitative estimate of drug-likeness (QED) is 0.488. The molecule has 0 amide bonds. The number of carbonyl (C=O) groups excluding carboxylic acids is 1. The molecule has 4 heteroatoms. The van der Waals surface area contributed by atoms with E-state index in [9.17, 15) is 9.90 Å². The summed E-state index contributed by atoms with van der Waals surface area (Å²) in [6.45, 7) is 0.347. The third kappa shape index (κ3) is 5.32. The summed E-state index contributed by atoms with van der Waals surface area (Å²) < 4.78 is 5.11. The van der Waals surface area contributed by atoms with E-state index in [1.807, 2.05) is 12.1 Å². The van der Waals surface area contributed by atoms with Gasteiger partial charge in [-0.05, 0) is 54.3 Å². The van der Waals surface area contributed by atoms with Gasteiger partial charge in [-0.1, -0.05) is 24.3 Å². The Bertz CT molecular complexity index is 627. The van der Waals surface area contributed by atoms with E-state index in [1.54, 1.807) is 42.5 Å². The minimum absolute atomic E-state index is 0.189. The zero-order chi connectivity index (χ0) is 15.8. The van der Waals surface area contributed by atoms with Gasteiger partial charge in [-0.3, -0.25) is 0 Å². The molecular formula is C18H18O4. The molecule has 0 unspecified atom stereocenters. The third-order valence-electron chi connectivity index (χ3n) is 3.10. The molecule has 114 valence electrons. The van der Waals surface area contributed by atoms with Crippen molar-refractivity contribution in [1.82, 2.24) is 0 Å². The number of rotatable bonds is 6. The first-order chi connectivity index (χ1) is 10.6. The van der Waals surface area contributed by atoms with Gasteiger partial charge in [0.1, 0.15) is 11.5 Å². The lowest BCUT2D eigenvalue weighted by atomic mass is 10.1. The van der Waals surface area contributed by atoms with Crippen molar-refractivity contribution < 1.29 is 19.7 Å². The molecule has 0 aliphatic carbocycles. The van der Waals surface area contributed by atoms with Crippen molar-refractivity contribution in [2.45, 2.75) is 12.8 Å². The molecule has 0 spiro atoms. The molecule has 0 aliphatic heterocycles. The number of benzene rings is 2. The van der Waals surface area contributed by atoms with Gasteiger partial charge < -0.3 is 14.9 Å². The van der Waals surface area contributed by atoms with Crippen molar-refractivity contribution in [3.63, 3.8) is 0 Å². The van der Waals surface area contributed by atoms with Crippen LogP contribution in [0.4, 0.5) is 0 Å². The van der Waals surface area contributed by atoms with Crippen LogP contribution in [0.3, 0.4) is 0 Å². The summed E-state index contributed by atoms with van der Waals surface area (Å²) in [6.07, 6.45) is 4.52. The van der Waals surface area contributed by atoms with Crippen LogP contribution in [0.15, 0.2) is 54.6 Å². The normalized spacial score (nSPS) is 10.7. The number of esters is 1. The van der Waals surface area contributed by atoms with E-state index in [1.165, 1.54) is 6.08 Å². The first-order valence-electron chi connectivity index (χ1n) is 7.05. The Labute approximate surface area is 129 Å². The highest BCUT2D eigenvalue weighted by molar-refractivity contribution is 5.87. The highest BCUT2D eigenvalue weighted by Crippen LogP contribution is 2.12. The fourth-order valence-corrected chi connectivity index (χ4v) is 1.91. The molecule has 2 aromatic rings. The maximum Gasteiger partial charge on any atom is 0.330 e. The van der Waals surface area contributed by atoms with E-state index >= 15 is 0 Å². The Hall–Kier alpha value is -2.75. The Balaban J connectivity index is 1.69. The van der Waals surface area contributed by atoms with Gasteiger partial charge in [-0.2, -0.15) is 0 Å². The maximum absolute atomic E-state index is 11.5. The van der Waals surface area contributed by atoms with Gasteiger partial charge >= 0.3 is 5.97 Å². The molecule has 2 aromatic carbocycles. The minimum Gasteiger partial charge on any atom is -0.508 e. The fraction of sp³-hybridized carbons (Fsp3) is 0.167. The van der Waals surface area contributed by atoms with E-state index < -0.39 is 5.97 Å². The molecule has 0 aromatic heterocycles. The second-order valence-electron chi connectivity index (χ2n) is 4.86. The zero-order valence-electron chi connectivity index (χ0n) is 12.1. The van der Waals surface area contributed by atoms with Crippen LogP contribution >= 0.6 is 0 Å². The second-order valence-corrected chi connectivity index (χ2v) is 4.86. The van der Waals surface area contributed by atoms with Crippen LogP contribution < -0.4 is 0 Å².